The minimum Gasteiger partial charge on any atom is -0.465 e. The molecule has 0 spiro atoms. The standard InChI is InChI=1S/C9H11ClO2/c1-5-2-3-6-4-12-9(11)7(6)8(5)10/h2-3,5-8H,4H2,1H3/t5-,6-,7-,8+/m0/s1. The Balaban J connectivity index is 2.27. The Labute approximate surface area is 76.5 Å². The van der Waals surface area contributed by atoms with Gasteiger partial charge in [-0.3, -0.25) is 4.79 Å². The predicted molar refractivity (Wildman–Crippen MR) is 45.9 cm³/mol. The molecule has 4 atom stereocenters. The molecule has 0 radical (unpaired) electrons. The zero-order chi connectivity index (χ0) is 8.72. The van der Waals surface area contributed by atoms with Crippen molar-refractivity contribution in [1.29, 1.82) is 0 Å². The number of hydrogen-bond donors (Lipinski definition) is 0. The van der Waals surface area contributed by atoms with Crippen molar-refractivity contribution in [3.8, 4) is 0 Å². The second kappa shape index (κ2) is 2.77. The Kier molecular flexibility index (Phi) is 1.87. The number of carbonyl (C=O) groups excluding carboxylic acids is 1. The van der Waals surface area contributed by atoms with Crippen LogP contribution in [0.15, 0.2) is 12.2 Å². The van der Waals surface area contributed by atoms with Crippen molar-refractivity contribution < 1.29 is 9.53 Å². The highest BCUT2D eigenvalue weighted by Gasteiger charge is 2.44. The lowest BCUT2D eigenvalue weighted by molar-refractivity contribution is -0.141. The van der Waals surface area contributed by atoms with Crippen molar-refractivity contribution in [2.24, 2.45) is 17.8 Å². The van der Waals surface area contributed by atoms with Gasteiger partial charge in [0.05, 0.1) is 17.9 Å². The van der Waals surface area contributed by atoms with E-state index in [1.807, 2.05) is 6.92 Å². The Hall–Kier alpha value is -0.500. The van der Waals surface area contributed by atoms with Gasteiger partial charge in [0.2, 0.25) is 0 Å². The van der Waals surface area contributed by atoms with Crippen LogP contribution in [0.25, 0.3) is 0 Å². The fraction of sp³-hybridized carbons (Fsp3) is 0.667. The van der Waals surface area contributed by atoms with E-state index < -0.39 is 0 Å². The van der Waals surface area contributed by atoms with Gasteiger partial charge in [0.1, 0.15) is 0 Å². The number of halogens is 1. The zero-order valence-corrected chi connectivity index (χ0v) is 7.62. The third-order valence-electron chi connectivity index (χ3n) is 2.66. The van der Waals surface area contributed by atoms with Gasteiger partial charge in [-0.2, -0.15) is 0 Å². The van der Waals surface area contributed by atoms with E-state index in [0.717, 1.165) is 0 Å². The molecule has 0 N–H and O–H groups in total. The van der Waals surface area contributed by atoms with Gasteiger partial charge in [0.25, 0.3) is 0 Å². The average molecular weight is 187 g/mol. The van der Waals surface area contributed by atoms with Crippen LogP contribution in [0.5, 0.6) is 0 Å². The third-order valence-corrected chi connectivity index (χ3v) is 3.33. The summed E-state index contributed by atoms with van der Waals surface area (Å²) in [5.41, 5.74) is 0. The third kappa shape index (κ3) is 1.06. The van der Waals surface area contributed by atoms with E-state index in [0.29, 0.717) is 6.61 Å². The summed E-state index contributed by atoms with van der Waals surface area (Å²) < 4.78 is 4.94. The van der Waals surface area contributed by atoms with E-state index in [2.05, 4.69) is 12.2 Å². The molecule has 2 nitrogen and oxygen atoms in total. The maximum absolute atomic E-state index is 11.2. The van der Waals surface area contributed by atoms with E-state index in [4.69, 9.17) is 16.3 Å². The van der Waals surface area contributed by atoms with Crippen LogP contribution in [0.4, 0.5) is 0 Å². The van der Waals surface area contributed by atoms with Crippen LogP contribution >= 0.6 is 11.6 Å². The molecule has 0 saturated carbocycles. The minimum atomic E-state index is -0.129. The molecule has 0 aromatic carbocycles. The lowest BCUT2D eigenvalue weighted by atomic mass is 9.81. The van der Waals surface area contributed by atoms with Crippen LogP contribution in [0.1, 0.15) is 6.92 Å². The monoisotopic (exact) mass is 186 g/mol. The van der Waals surface area contributed by atoms with Crippen LogP contribution in [0, 0.1) is 17.8 Å². The minimum absolute atomic E-state index is 0.0880. The Bertz CT molecular complexity index is 237. The topological polar surface area (TPSA) is 26.3 Å². The SMILES string of the molecule is C[C@H]1C=C[C@H]2COC(=O)[C@@H]2[C@@H]1Cl. The molecule has 2 rings (SSSR count). The lowest BCUT2D eigenvalue weighted by Gasteiger charge is -2.26. The number of allylic oxidation sites excluding steroid dienone is 1. The van der Waals surface area contributed by atoms with Crippen molar-refractivity contribution in [1.82, 2.24) is 0 Å². The van der Waals surface area contributed by atoms with Gasteiger partial charge in [-0.1, -0.05) is 19.1 Å². The van der Waals surface area contributed by atoms with Gasteiger partial charge in [-0.25, -0.2) is 0 Å². The highest BCUT2D eigenvalue weighted by atomic mass is 35.5. The van der Waals surface area contributed by atoms with E-state index >= 15 is 0 Å². The average Bonchev–Trinajstić information content (AvgIpc) is 2.41. The number of hydrogen-bond acceptors (Lipinski definition) is 2. The van der Waals surface area contributed by atoms with Crippen LogP contribution in [-0.4, -0.2) is 18.0 Å². The molecule has 1 aliphatic carbocycles. The zero-order valence-electron chi connectivity index (χ0n) is 6.87. The van der Waals surface area contributed by atoms with Crippen LogP contribution in [0.3, 0.4) is 0 Å². The molecule has 1 saturated heterocycles. The van der Waals surface area contributed by atoms with Crippen LogP contribution < -0.4 is 0 Å². The second-order valence-electron chi connectivity index (χ2n) is 3.51. The summed E-state index contributed by atoms with van der Waals surface area (Å²) in [5, 5.41) is -0.0880. The summed E-state index contributed by atoms with van der Waals surface area (Å²) in [6.07, 6.45) is 4.12. The molecule has 1 heterocycles. The molecule has 0 bridgehead atoms. The largest absolute Gasteiger partial charge is 0.465 e. The molecule has 0 unspecified atom stereocenters. The smallest absolute Gasteiger partial charge is 0.311 e. The highest BCUT2D eigenvalue weighted by Crippen LogP contribution is 2.37. The van der Waals surface area contributed by atoms with Crippen molar-refractivity contribution in [2.75, 3.05) is 6.61 Å². The summed E-state index contributed by atoms with van der Waals surface area (Å²) in [6.45, 7) is 2.53. The first-order chi connectivity index (χ1) is 5.70. The highest BCUT2D eigenvalue weighted by molar-refractivity contribution is 6.22. The lowest BCUT2D eigenvalue weighted by Crippen LogP contribution is -2.32. The molecule has 0 aromatic heterocycles. The Morgan fingerprint density at radius 3 is 3.08 bits per heavy atom. The van der Waals surface area contributed by atoms with E-state index in [9.17, 15) is 4.79 Å². The molecule has 0 amide bonds. The van der Waals surface area contributed by atoms with Gasteiger partial charge in [-0.15, -0.1) is 11.6 Å². The van der Waals surface area contributed by atoms with Crippen molar-refractivity contribution in [3.05, 3.63) is 12.2 Å². The van der Waals surface area contributed by atoms with Crippen molar-refractivity contribution in [2.45, 2.75) is 12.3 Å². The summed E-state index contributed by atoms with van der Waals surface area (Å²) in [7, 11) is 0. The molecule has 0 aromatic rings. The normalized spacial score (nSPS) is 45.7. The number of fused-ring (bicyclic) bond motifs is 1. The molecule has 66 valence electrons. The van der Waals surface area contributed by atoms with E-state index in [-0.39, 0.29) is 29.1 Å². The quantitative estimate of drug-likeness (QED) is 0.326. The summed E-state index contributed by atoms with van der Waals surface area (Å²) in [4.78, 5) is 11.2. The van der Waals surface area contributed by atoms with E-state index in [1.54, 1.807) is 0 Å². The molecular weight excluding hydrogens is 176 g/mol. The fourth-order valence-electron chi connectivity index (χ4n) is 1.85. The first kappa shape index (κ1) is 8.11. The number of rotatable bonds is 0. The van der Waals surface area contributed by atoms with Gasteiger partial charge < -0.3 is 4.74 Å². The number of carbonyl (C=O) groups is 1. The fourth-order valence-corrected chi connectivity index (χ4v) is 2.22. The van der Waals surface area contributed by atoms with Gasteiger partial charge >= 0.3 is 5.97 Å². The van der Waals surface area contributed by atoms with Crippen LogP contribution in [0.2, 0.25) is 0 Å². The summed E-state index contributed by atoms with van der Waals surface area (Å²) in [5.74, 6) is 0.262. The summed E-state index contributed by atoms with van der Waals surface area (Å²) in [6, 6.07) is 0. The number of cyclic esters (lactones) is 1. The molecule has 3 heteroatoms. The van der Waals surface area contributed by atoms with Crippen molar-refractivity contribution >= 4 is 17.6 Å². The first-order valence-corrected chi connectivity index (χ1v) is 4.63. The predicted octanol–water partition coefficient (Wildman–Crippen LogP) is 1.59. The number of esters is 1. The Morgan fingerprint density at radius 1 is 1.58 bits per heavy atom. The van der Waals surface area contributed by atoms with Crippen LogP contribution in [-0.2, 0) is 9.53 Å². The van der Waals surface area contributed by atoms with Gasteiger partial charge in [-0.05, 0) is 5.92 Å². The maximum Gasteiger partial charge on any atom is 0.311 e. The first-order valence-electron chi connectivity index (χ1n) is 4.19. The maximum atomic E-state index is 11.2. The molecule has 12 heavy (non-hydrogen) atoms. The molecule has 2 aliphatic rings. The molecular formula is C9H11ClO2. The van der Waals surface area contributed by atoms with Crippen molar-refractivity contribution in [3.63, 3.8) is 0 Å². The molecule has 1 fully saturated rings. The Morgan fingerprint density at radius 2 is 2.33 bits per heavy atom. The number of ether oxygens (including phenoxy) is 1. The van der Waals surface area contributed by atoms with Gasteiger partial charge in [0, 0.05) is 5.92 Å². The van der Waals surface area contributed by atoms with Gasteiger partial charge in [0.15, 0.2) is 0 Å². The molecule has 1 aliphatic heterocycles. The number of alkyl halides is 1. The second-order valence-corrected chi connectivity index (χ2v) is 4.01. The van der Waals surface area contributed by atoms with E-state index in [1.165, 1.54) is 0 Å². The summed E-state index contributed by atoms with van der Waals surface area (Å²) >= 11 is 6.11.